The molecule has 0 saturated heterocycles. The highest BCUT2D eigenvalue weighted by atomic mass is 14.6. The van der Waals surface area contributed by atoms with Crippen molar-refractivity contribution >= 4 is 0 Å². The number of nitrogens with two attached hydrogens (primary N) is 1. The van der Waals surface area contributed by atoms with Crippen LogP contribution in [0.4, 0.5) is 0 Å². The van der Waals surface area contributed by atoms with Crippen LogP contribution in [0.3, 0.4) is 0 Å². The van der Waals surface area contributed by atoms with Crippen LogP contribution in [-0.4, -0.2) is 6.04 Å². The molecule has 0 heterocycles. The van der Waals surface area contributed by atoms with E-state index in [2.05, 4.69) is 13.0 Å². The second-order valence-corrected chi connectivity index (χ2v) is 3.39. The Kier molecular flexibility index (Phi) is 2.50. The average molecular weight is 139 g/mol. The molecular formula is C9H17N. The molecule has 58 valence electrons. The molecule has 1 unspecified atom stereocenters. The maximum Gasteiger partial charge on any atom is 0.0222 e. The van der Waals surface area contributed by atoms with Gasteiger partial charge in [0, 0.05) is 6.04 Å². The molecule has 1 saturated carbocycles. The molecule has 1 fully saturated rings. The van der Waals surface area contributed by atoms with Crippen molar-refractivity contribution in [2.24, 2.45) is 11.7 Å². The van der Waals surface area contributed by atoms with Crippen LogP contribution in [0.15, 0.2) is 11.6 Å². The Balaban J connectivity index is 2.36. The lowest BCUT2D eigenvalue weighted by atomic mass is 9.83. The number of hydrogen-bond donors (Lipinski definition) is 1. The molecule has 1 atom stereocenters. The predicted octanol–water partition coefficient (Wildman–Crippen LogP) is 2.08. The topological polar surface area (TPSA) is 26.0 Å². The van der Waals surface area contributed by atoms with Gasteiger partial charge in [0.25, 0.3) is 0 Å². The molecule has 0 amide bonds. The van der Waals surface area contributed by atoms with Gasteiger partial charge < -0.3 is 5.73 Å². The summed E-state index contributed by atoms with van der Waals surface area (Å²) in [6, 6.07) is 0.251. The highest BCUT2D eigenvalue weighted by Crippen LogP contribution is 2.28. The molecule has 10 heavy (non-hydrogen) atoms. The number of allylic oxidation sites excluding steroid dienone is 1. The molecule has 0 bridgehead atoms. The summed E-state index contributed by atoms with van der Waals surface area (Å²) in [5, 5.41) is 0. The summed E-state index contributed by atoms with van der Waals surface area (Å²) in [6.45, 7) is 4.17. The van der Waals surface area contributed by atoms with Crippen LogP contribution in [0.2, 0.25) is 0 Å². The number of rotatable bonds is 2. The van der Waals surface area contributed by atoms with Gasteiger partial charge in [-0.1, -0.05) is 18.1 Å². The minimum atomic E-state index is 0.251. The van der Waals surface area contributed by atoms with Crippen molar-refractivity contribution < 1.29 is 0 Å². The molecule has 1 heteroatoms. The normalized spacial score (nSPS) is 24.1. The Labute approximate surface area is 63.3 Å². The van der Waals surface area contributed by atoms with E-state index in [9.17, 15) is 0 Å². The molecule has 1 aliphatic rings. The van der Waals surface area contributed by atoms with Gasteiger partial charge in [-0.15, -0.1) is 0 Å². The first kappa shape index (κ1) is 7.80. The van der Waals surface area contributed by atoms with E-state index < -0.39 is 0 Å². The fourth-order valence-electron chi connectivity index (χ4n) is 1.13. The first-order valence-electron chi connectivity index (χ1n) is 4.14. The van der Waals surface area contributed by atoms with Crippen LogP contribution in [-0.2, 0) is 0 Å². The zero-order valence-corrected chi connectivity index (χ0v) is 6.93. The summed E-state index contributed by atoms with van der Waals surface area (Å²) in [7, 11) is 0. The quantitative estimate of drug-likeness (QED) is 0.582. The summed E-state index contributed by atoms with van der Waals surface area (Å²) in [4.78, 5) is 0. The Morgan fingerprint density at radius 1 is 1.60 bits per heavy atom. The van der Waals surface area contributed by atoms with E-state index in [0.717, 1.165) is 5.92 Å². The molecule has 1 nitrogen and oxygen atoms in total. The van der Waals surface area contributed by atoms with E-state index in [0.29, 0.717) is 0 Å². The maximum atomic E-state index is 5.69. The van der Waals surface area contributed by atoms with Crippen LogP contribution >= 0.6 is 0 Å². The van der Waals surface area contributed by atoms with Gasteiger partial charge >= 0.3 is 0 Å². The molecule has 1 rings (SSSR count). The zero-order chi connectivity index (χ0) is 7.56. The van der Waals surface area contributed by atoms with Crippen LogP contribution in [0, 0.1) is 5.92 Å². The van der Waals surface area contributed by atoms with Gasteiger partial charge in [0.05, 0.1) is 0 Å². The molecule has 0 spiro atoms. The van der Waals surface area contributed by atoms with E-state index in [1.165, 1.54) is 24.8 Å². The third kappa shape index (κ3) is 1.84. The molecular weight excluding hydrogens is 122 g/mol. The predicted molar refractivity (Wildman–Crippen MR) is 44.7 cm³/mol. The van der Waals surface area contributed by atoms with Crippen molar-refractivity contribution in [3.63, 3.8) is 0 Å². The van der Waals surface area contributed by atoms with E-state index in [1.807, 2.05) is 6.92 Å². The molecule has 1 aliphatic carbocycles. The van der Waals surface area contributed by atoms with Crippen molar-refractivity contribution in [2.45, 2.75) is 39.2 Å². The SMILES string of the molecule is CC(=CC1CCC1)C(C)N. The van der Waals surface area contributed by atoms with Gasteiger partial charge in [-0.2, -0.15) is 0 Å². The number of hydrogen-bond acceptors (Lipinski definition) is 1. The maximum absolute atomic E-state index is 5.69. The van der Waals surface area contributed by atoms with Crippen LogP contribution in [0.25, 0.3) is 0 Å². The summed E-state index contributed by atoms with van der Waals surface area (Å²) in [5.41, 5.74) is 7.05. The van der Waals surface area contributed by atoms with Crippen LogP contribution in [0.1, 0.15) is 33.1 Å². The van der Waals surface area contributed by atoms with Crippen molar-refractivity contribution in [1.29, 1.82) is 0 Å². The molecule has 0 aliphatic heterocycles. The van der Waals surface area contributed by atoms with Gasteiger partial charge in [-0.05, 0) is 32.6 Å². The van der Waals surface area contributed by atoms with Gasteiger partial charge in [0.15, 0.2) is 0 Å². The second kappa shape index (κ2) is 3.20. The zero-order valence-electron chi connectivity index (χ0n) is 6.93. The van der Waals surface area contributed by atoms with Gasteiger partial charge in [0.2, 0.25) is 0 Å². The van der Waals surface area contributed by atoms with Crippen LogP contribution < -0.4 is 5.73 Å². The lowest BCUT2D eigenvalue weighted by Crippen LogP contribution is -2.18. The standard InChI is InChI=1S/C9H17N/c1-7(8(2)10)6-9-4-3-5-9/h6,8-9H,3-5,10H2,1-2H3. The Morgan fingerprint density at radius 3 is 2.50 bits per heavy atom. The molecule has 0 aromatic heterocycles. The summed E-state index contributed by atoms with van der Waals surface area (Å²) >= 11 is 0. The summed E-state index contributed by atoms with van der Waals surface area (Å²) < 4.78 is 0. The van der Waals surface area contributed by atoms with Crippen LogP contribution in [0.5, 0.6) is 0 Å². The van der Waals surface area contributed by atoms with Gasteiger partial charge in [-0.25, -0.2) is 0 Å². The minimum absolute atomic E-state index is 0.251. The highest BCUT2D eigenvalue weighted by molar-refractivity contribution is 5.08. The van der Waals surface area contributed by atoms with Crippen molar-refractivity contribution in [3.05, 3.63) is 11.6 Å². The molecule has 0 aromatic rings. The monoisotopic (exact) mass is 139 g/mol. The first-order chi connectivity index (χ1) is 4.70. The smallest absolute Gasteiger partial charge is 0.0222 e. The molecule has 0 aromatic carbocycles. The largest absolute Gasteiger partial charge is 0.324 e. The Bertz CT molecular complexity index is 132. The third-order valence-corrected chi connectivity index (χ3v) is 2.37. The summed E-state index contributed by atoms with van der Waals surface area (Å²) in [5.74, 6) is 0.853. The lowest BCUT2D eigenvalue weighted by Gasteiger charge is -2.23. The summed E-state index contributed by atoms with van der Waals surface area (Å²) in [6.07, 6.45) is 6.51. The van der Waals surface area contributed by atoms with Gasteiger partial charge in [-0.3, -0.25) is 0 Å². The fraction of sp³-hybridized carbons (Fsp3) is 0.778. The molecule has 2 N–H and O–H groups in total. The second-order valence-electron chi connectivity index (χ2n) is 3.39. The van der Waals surface area contributed by atoms with Crippen molar-refractivity contribution in [3.8, 4) is 0 Å². The van der Waals surface area contributed by atoms with Gasteiger partial charge in [0.1, 0.15) is 0 Å². The van der Waals surface area contributed by atoms with Crippen molar-refractivity contribution in [1.82, 2.24) is 0 Å². The Hall–Kier alpha value is -0.300. The van der Waals surface area contributed by atoms with E-state index >= 15 is 0 Å². The first-order valence-corrected chi connectivity index (χ1v) is 4.14. The van der Waals surface area contributed by atoms with E-state index in [-0.39, 0.29) is 6.04 Å². The highest BCUT2D eigenvalue weighted by Gasteiger charge is 2.14. The Morgan fingerprint density at radius 2 is 2.20 bits per heavy atom. The average Bonchev–Trinajstić information content (AvgIpc) is 1.77. The van der Waals surface area contributed by atoms with E-state index in [1.54, 1.807) is 0 Å². The minimum Gasteiger partial charge on any atom is -0.324 e. The van der Waals surface area contributed by atoms with Crippen molar-refractivity contribution in [2.75, 3.05) is 0 Å². The van der Waals surface area contributed by atoms with E-state index in [4.69, 9.17) is 5.73 Å². The lowest BCUT2D eigenvalue weighted by molar-refractivity contribution is 0.385. The third-order valence-electron chi connectivity index (χ3n) is 2.37. The molecule has 0 radical (unpaired) electrons. The fourth-order valence-corrected chi connectivity index (χ4v) is 1.13.